The van der Waals surface area contributed by atoms with Gasteiger partial charge in [0.15, 0.2) is 0 Å². The Morgan fingerprint density at radius 1 is 1.12 bits per heavy atom. The van der Waals surface area contributed by atoms with Gasteiger partial charge in [0.2, 0.25) is 5.91 Å². The lowest BCUT2D eigenvalue weighted by molar-refractivity contribution is -0.120. The molecule has 0 radical (unpaired) electrons. The van der Waals surface area contributed by atoms with E-state index in [2.05, 4.69) is 30.7 Å². The molecule has 0 atom stereocenters. The number of halogens is 3. The van der Waals surface area contributed by atoms with Crippen LogP contribution in [0.1, 0.15) is 17.0 Å². The average Bonchev–Trinajstić information content (AvgIpc) is 3.37. The Morgan fingerprint density at radius 3 is 2.76 bits per heavy atom. The molecule has 0 bridgehead atoms. The third-order valence-corrected chi connectivity index (χ3v) is 5.10. The van der Waals surface area contributed by atoms with Crippen LogP contribution in [0, 0.1) is 0 Å². The van der Waals surface area contributed by atoms with Gasteiger partial charge in [0, 0.05) is 17.8 Å². The average molecular weight is 484 g/mol. The zero-order chi connectivity index (χ0) is 24.0. The summed E-state index contributed by atoms with van der Waals surface area (Å²) < 4.78 is 30.3. The third kappa shape index (κ3) is 5.90. The molecule has 3 heterocycles. The van der Waals surface area contributed by atoms with Crippen LogP contribution in [0.15, 0.2) is 73.4 Å². The summed E-state index contributed by atoms with van der Waals surface area (Å²) in [6, 6.07) is 14.5. The van der Waals surface area contributed by atoms with Gasteiger partial charge in [0.25, 0.3) is 0 Å². The molecule has 174 valence electrons. The Labute approximate surface area is 199 Å². The SMILES string of the molecule is O=C(Cc1cccc(NCC(F)(F)c2ccccn2)n1)NCc1cc(Cl)ccc1-n1cncn1. The first-order valence-corrected chi connectivity index (χ1v) is 10.7. The molecule has 0 aliphatic carbocycles. The number of amides is 1. The lowest BCUT2D eigenvalue weighted by Gasteiger charge is -2.17. The Bertz CT molecular complexity index is 1250. The number of anilines is 1. The number of carbonyl (C=O) groups is 1. The molecule has 4 aromatic rings. The first kappa shape index (κ1) is 23.2. The van der Waals surface area contributed by atoms with Crippen LogP contribution in [0.2, 0.25) is 5.02 Å². The molecule has 3 aromatic heterocycles. The number of carbonyl (C=O) groups excluding carboxylic acids is 1. The minimum atomic E-state index is -3.17. The molecule has 0 saturated heterocycles. The maximum atomic E-state index is 14.3. The number of benzene rings is 1. The van der Waals surface area contributed by atoms with Gasteiger partial charge in [-0.2, -0.15) is 13.9 Å². The van der Waals surface area contributed by atoms with E-state index in [1.165, 1.54) is 24.7 Å². The second kappa shape index (κ2) is 10.3. The number of hydrogen-bond acceptors (Lipinski definition) is 6. The van der Waals surface area contributed by atoms with Gasteiger partial charge in [0.05, 0.1) is 24.3 Å². The van der Waals surface area contributed by atoms with E-state index in [4.69, 9.17) is 11.6 Å². The molecule has 11 heteroatoms. The zero-order valence-electron chi connectivity index (χ0n) is 17.8. The summed E-state index contributed by atoms with van der Waals surface area (Å²) in [5.74, 6) is -3.22. The second-order valence-corrected chi connectivity index (χ2v) is 7.79. The molecule has 0 aliphatic heterocycles. The van der Waals surface area contributed by atoms with Crippen molar-refractivity contribution in [2.45, 2.75) is 18.9 Å². The van der Waals surface area contributed by atoms with Gasteiger partial charge in [-0.1, -0.05) is 23.7 Å². The van der Waals surface area contributed by atoms with Gasteiger partial charge in [-0.15, -0.1) is 0 Å². The van der Waals surface area contributed by atoms with Crippen molar-refractivity contribution >= 4 is 23.3 Å². The number of alkyl halides is 2. The maximum absolute atomic E-state index is 14.3. The second-order valence-electron chi connectivity index (χ2n) is 7.35. The van der Waals surface area contributed by atoms with Gasteiger partial charge in [-0.25, -0.2) is 14.6 Å². The van der Waals surface area contributed by atoms with E-state index in [-0.39, 0.29) is 30.4 Å². The third-order valence-electron chi connectivity index (χ3n) is 4.86. The summed E-state index contributed by atoms with van der Waals surface area (Å²) in [5.41, 5.74) is 1.60. The first-order valence-electron chi connectivity index (χ1n) is 10.3. The van der Waals surface area contributed by atoms with Gasteiger partial charge >= 0.3 is 5.92 Å². The van der Waals surface area contributed by atoms with Crippen LogP contribution in [-0.2, 0) is 23.7 Å². The van der Waals surface area contributed by atoms with E-state index in [0.717, 1.165) is 11.3 Å². The molecular formula is C23H20ClF2N7O. The van der Waals surface area contributed by atoms with E-state index < -0.39 is 12.5 Å². The van der Waals surface area contributed by atoms with Gasteiger partial charge < -0.3 is 10.6 Å². The standard InChI is InChI=1S/C23H20ClF2N7O/c24-17-7-8-19(33-15-27-14-31-33)16(10-17)12-29-22(34)11-18-4-3-6-21(32-18)30-13-23(25,26)20-5-1-2-9-28-20/h1-10,14-15H,11-13H2,(H,29,34)(H,30,32). The summed E-state index contributed by atoms with van der Waals surface area (Å²) in [4.78, 5) is 24.4. The van der Waals surface area contributed by atoms with Gasteiger partial charge in [-0.3, -0.25) is 9.78 Å². The fourth-order valence-electron chi connectivity index (χ4n) is 3.22. The molecule has 0 fully saturated rings. The highest BCUT2D eigenvalue weighted by atomic mass is 35.5. The number of aromatic nitrogens is 5. The van der Waals surface area contributed by atoms with Gasteiger partial charge in [0.1, 0.15) is 24.2 Å². The lowest BCUT2D eigenvalue weighted by Crippen LogP contribution is -2.27. The van der Waals surface area contributed by atoms with Crippen LogP contribution >= 0.6 is 11.6 Å². The van der Waals surface area contributed by atoms with Crippen LogP contribution in [0.4, 0.5) is 14.6 Å². The summed E-state index contributed by atoms with van der Waals surface area (Å²) in [6.07, 6.45) is 4.26. The predicted octanol–water partition coefficient (Wildman–Crippen LogP) is 3.77. The van der Waals surface area contributed by atoms with Crippen LogP contribution in [0.3, 0.4) is 0 Å². The smallest absolute Gasteiger partial charge is 0.306 e. The molecule has 0 saturated carbocycles. The molecule has 4 rings (SSSR count). The van der Waals surface area contributed by atoms with Crippen molar-refractivity contribution in [2.24, 2.45) is 0 Å². The van der Waals surface area contributed by atoms with Crippen molar-refractivity contribution in [3.8, 4) is 5.69 Å². The van der Waals surface area contributed by atoms with Crippen molar-refractivity contribution in [1.82, 2.24) is 30.0 Å². The number of pyridine rings is 2. The van der Waals surface area contributed by atoms with Crippen molar-refractivity contribution in [2.75, 3.05) is 11.9 Å². The normalized spacial score (nSPS) is 11.3. The van der Waals surface area contributed by atoms with E-state index in [1.54, 1.807) is 53.5 Å². The van der Waals surface area contributed by atoms with E-state index in [9.17, 15) is 13.6 Å². The van der Waals surface area contributed by atoms with Crippen molar-refractivity contribution in [3.05, 3.63) is 95.4 Å². The Kier molecular flexibility index (Phi) is 7.07. The quantitative estimate of drug-likeness (QED) is 0.376. The highest BCUT2D eigenvalue weighted by molar-refractivity contribution is 6.30. The number of rotatable bonds is 9. The Hall–Kier alpha value is -3.92. The monoisotopic (exact) mass is 483 g/mol. The number of hydrogen-bond donors (Lipinski definition) is 2. The van der Waals surface area contributed by atoms with Crippen LogP contribution < -0.4 is 10.6 Å². The Balaban J connectivity index is 1.36. The minimum Gasteiger partial charge on any atom is -0.364 e. The molecular weight excluding hydrogens is 464 g/mol. The molecule has 8 nitrogen and oxygen atoms in total. The molecule has 1 aromatic carbocycles. The lowest BCUT2D eigenvalue weighted by atomic mass is 10.1. The first-order chi connectivity index (χ1) is 16.4. The fraction of sp³-hybridized carbons (Fsp3) is 0.174. The summed E-state index contributed by atoms with van der Waals surface area (Å²) in [7, 11) is 0. The number of nitrogens with zero attached hydrogens (tertiary/aromatic N) is 5. The molecule has 34 heavy (non-hydrogen) atoms. The van der Waals surface area contributed by atoms with E-state index in [1.807, 2.05) is 0 Å². The maximum Gasteiger partial charge on any atom is 0.306 e. The van der Waals surface area contributed by atoms with E-state index >= 15 is 0 Å². The summed E-state index contributed by atoms with van der Waals surface area (Å²) in [5, 5.41) is 10.1. The fourth-order valence-corrected chi connectivity index (χ4v) is 3.42. The van der Waals surface area contributed by atoms with Crippen molar-refractivity contribution in [3.63, 3.8) is 0 Å². The topological polar surface area (TPSA) is 97.6 Å². The zero-order valence-corrected chi connectivity index (χ0v) is 18.6. The molecule has 0 unspecified atom stereocenters. The predicted molar refractivity (Wildman–Crippen MR) is 123 cm³/mol. The van der Waals surface area contributed by atoms with E-state index in [0.29, 0.717) is 10.7 Å². The molecule has 0 spiro atoms. The number of nitrogens with one attached hydrogen (secondary N) is 2. The highest BCUT2D eigenvalue weighted by Gasteiger charge is 2.32. The Morgan fingerprint density at radius 2 is 2.00 bits per heavy atom. The van der Waals surface area contributed by atoms with Gasteiger partial charge in [-0.05, 0) is 48.0 Å². The summed E-state index contributed by atoms with van der Waals surface area (Å²) in [6.45, 7) is -0.463. The largest absolute Gasteiger partial charge is 0.364 e. The van der Waals surface area contributed by atoms with Crippen molar-refractivity contribution < 1.29 is 13.6 Å². The highest BCUT2D eigenvalue weighted by Crippen LogP contribution is 2.26. The summed E-state index contributed by atoms with van der Waals surface area (Å²) >= 11 is 6.11. The molecule has 1 amide bonds. The van der Waals surface area contributed by atoms with Crippen LogP contribution in [0.25, 0.3) is 5.69 Å². The van der Waals surface area contributed by atoms with Crippen LogP contribution in [-0.4, -0.2) is 37.2 Å². The minimum absolute atomic E-state index is 0.0224. The molecule has 2 N–H and O–H groups in total. The molecule has 0 aliphatic rings. The van der Waals surface area contributed by atoms with Crippen molar-refractivity contribution in [1.29, 1.82) is 0 Å². The van der Waals surface area contributed by atoms with Crippen LogP contribution in [0.5, 0.6) is 0 Å².